The second-order valence-electron chi connectivity index (χ2n) is 12.7. The number of unbranched alkanes of at least 4 members (excludes halogenated alkanes) is 9. The normalized spacial score (nSPS) is 14.2. The number of thiophene rings is 1. The fraction of sp³-hybridized carbons (Fsp3) is 0.658. The maximum atomic E-state index is 12.6. The molecule has 1 aromatic carbocycles. The van der Waals surface area contributed by atoms with Gasteiger partial charge in [-0.25, -0.2) is 0 Å². The van der Waals surface area contributed by atoms with Crippen molar-refractivity contribution in [2.24, 2.45) is 0 Å². The third-order valence-corrected chi connectivity index (χ3v) is 9.91. The van der Waals surface area contributed by atoms with Gasteiger partial charge in [0.15, 0.2) is 0 Å². The van der Waals surface area contributed by atoms with Crippen molar-refractivity contribution in [1.82, 2.24) is 15.5 Å². The fourth-order valence-electron chi connectivity index (χ4n) is 6.47. The highest BCUT2D eigenvalue weighted by Crippen LogP contribution is 2.32. The molecule has 3 rings (SSSR count). The third kappa shape index (κ3) is 14.8. The Kier molecular flexibility index (Phi) is 18.7. The summed E-state index contributed by atoms with van der Waals surface area (Å²) in [7, 11) is 0. The standard InChI is InChI=1S/C38H59N3O4S/c1-3-27-41(28-25-33-18-16-29-46-33)32-22-23-34-31(30-32)17-15-19-35(34)45-38(44)24-26-40-37(43)21-14-12-10-8-6-5-7-9-11-13-20-36(42)39-4-2/h15-19,29,32H,3-14,20-28,30H2,1-2H3,(H,39,42)(H,40,43). The summed E-state index contributed by atoms with van der Waals surface area (Å²) in [6.45, 7) is 7.42. The molecule has 256 valence electrons. The minimum Gasteiger partial charge on any atom is -0.426 e. The average Bonchev–Trinajstić information content (AvgIpc) is 3.57. The number of nitrogens with one attached hydrogen (secondary N) is 2. The Bertz CT molecular complexity index is 1150. The largest absolute Gasteiger partial charge is 0.426 e. The molecule has 1 heterocycles. The van der Waals surface area contributed by atoms with Gasteiger partial charge in [0, 0.05) is 43.4 Å². The monoisotopic (exact) mass is 653 g/mol. The van der Waals surface area contributed by atoms with Crippen molar-refractivity contribution >= 4 is 29.1 Å². The van der Waals surface area contributed by atoms with Crippen LogP contribution in [0.25, 0.3) is 0 Å². The minimum absolute atomic E-state index is 0.0132. The first-order valence-corrected chi connectivity index (χ1v) is 19.0. The van der Waals surface area contributed by atoms with Crippen LogP contribution in [0.2, 0.25) is 0 Å². The first-order chi connectivity index (χ1) is 22.5. The molecule has 0 saturated carbocycles. The van der Waals surface area contributed by atoms with Crippen LogP contribution in [-0.2, 0) is 33.6 Å². The minimum atomic E-state index is -0.290. The van der Waals surface area contributed by atoms with Gasteiger partial charge in [0.2, 0.25) is 11.8 Å². The molecule has 0 bridgehead atoms. The molecular weight excluding hydrogens is 595 g/mol. The molecule has 0 spiro atoms. The number of rotatable bonds is 24. The van der Waals surface area contributed by atoms with Gasteiger partial charge in [-0.1, -0.05) is 76.5 Å². The number of benzene rings is 1. The summed E-state index contributed by atoms with van der Waals surface area (Å²) in [5.74, 6) is 0.577. The Hall–Kier alpha value is -2.71. The van der Waals surface area contributed by atoms with E-state index < -0.39 is 0 Å². The van der Waals surface area contributed by atoms with Crippen molar-refractivity contribution in [3.8, 4) is 5.75 Å². The van der Waals surface area contributed by atoms with E-state index in [2.05, 4.69) is 46.0 Å². The maximum absolute atomic E-state index is 12.6. The molecule has 1 atom stereocenters. The Morgan fingerprint density at radius 1 is 0.826 bits per heavy atom. The van der Waals surface area contributed by atoms with Crippen molar-refractivity contribution < 1.29 is 19.1 Å². The van der Waals surface area contributed by atoms with Gasteiger partial charge in [-0.3, -0.25) is 19.3 Å². The predicted molar refractivity (Wildman–Crippen MR) is 189 cm³/mol. The van der Waals surface area contributed by atoms with Gasteiger partial charge in [-0.15, -0.1) is 11.3 Å². The smallest absolute Gasteiger partial charge is 0.312 e. The molecule has 2 N–H and O–H groups in total. The van der Waals surface area contributed by atoms with E-state index in [1.54, 1.807) is 0 Å². The molecule has 1 aliphatic rings. The molecule has 1 aliphatic carbocycles. The van der Waals surface area contributed by atoms with Crippen LogP contribution in [0.4, 0.5) is 0 Å². The molecule has 2 amide bonds. The SMILES string of the molecule is CCCN(CCc1cccs1)C1CCc2c(cccc2OC(=O)CCNC(=O)CCCCCCCCCCCCC(=O)NCC)C1. The number of nitrogens with zero attached hydrogens (tertiary/aromatic N) is 1. The van der Waals surface area contributed by atoms with Crippen LogP contribution >= 0.6 is 11.3 Å². The zero-order valence-electron chi connectivity index (χ0n) is 28.6. The lowest BCUT2D eigenvalue weighted by Gasteiger charge is -2.35. The predicted octanol–water partition coefficient (Wildman–Crippen LogP) is 7.79. The summed E-state index contributed by atoms with van der Waals surface area (Å²) in [5.41, 5.74) is 2.45. The molecule has 0 radical (unpaired) electrons. The number of carbonyl (C=O) groups excluding carboxylic acids is 3. The first-order valence-electron chi connectivity index (χ1n) is 18.1. The molecule has 7 nitrogen and oxygen atoms in total. The van der Waals surface area contributed by atoms with E-state index in [9.17, 15) is 14.4 Å². The highest BCUT2D eigenvalue weighted by Gasteiger charge is 2.26. The molecule has 8 heteroatoms. The quantitative estimate of drug-likeness (QED) is 0.0686. The van der Waals surface area contributed by atoms with E-state index in [1.807, 2.05) is 30.4 Å². The molecule has 1 unspecified atom stereocenters. The number of hydrogen-bond donors (Lipinski definition) is 2. The Labute approximate surface area is 282 Å². The molecular formula is C38H59N3O4S. The molecule has 0 aliphatic heterocycles. The summed E-state index contributed by atoms with van der Waals surface area (Å²) in [6, 6.07) is 11.0. The Morgan fingerprint density at radius 2 is 1.50 bits per heavy atom. The fourth-order valence-corrected chi connectivity index (χ4v) is 7.17. The number of esters is 1. The maximum Gasteiger partial charge on any atom is 0.312 e. The van der Waals surface area contributed by atoms with Gasteiger partial charge in [0.1, 0.15) is 5.75 Å². The molecule has 1 aromatic heterocycles. The lowest BCUT2D eigenvalue weighted by molar-refractivity contribution is -0.134. The highest BCUT2D eigenvalue weighted by molar-refractivity contribution is 7.09. The van der Waals surface area contributed by atoms with E-state index in [1.165, 1.54) is 48.1 Å². The number of ether oxygens (including phenoxy) is 1. The van der Waals surface area contributed by atoms with Gasteiger partial charge < -0.3 is 15.4 Å². The number of carbonyl (C=O) groups is 3. The van der Waals surface area contributed by atoms with Crippen LogP contribution in [0.3, 0.4) is 0 Å². The Balaban J connectivity index is 1.23. The summed E-state index contributed by atoms with van der Waals surface area (Å²) in [5, 5.41) is 7.89. The van der Waals surface area contributed by atoms with Gasteiger partial charge in [-0.05, 0) is 87.1 Å². The molecule has 0 fully saturated rings. The highest BCUT2D eigenvalue weighted by atomic mass is 32.1. The van der Waals surface area contributed by atoms with E-state index in [4.69, 9.17) is 4.74 Å². The van der Waals surface area contributed by atoms with Crippen LogP contribution in [0.1, 0.15) is 126 Å². The van der Waals surface area contributed by atoms with Crippen molar-refractivity contribution in [1.29, 1.82) is 0 Å². The second-order valence-corrected chi connectivity index (χ2v) is 13.8. The van der Waals surface area contributed by atoms with Gasteiger partial charge in [-0.2, -0.15) is 0 Å². The van der Waals surface area contributed by atoms with Gasteiger partial charge >= 0.3 is 5.97 Å². The average molecular weight is 654 g/mol. The number of fused-ring (bicyclic) bond motifs is 1. The van der Waals surface area contributed by atoms with E-state index in [0.29, 0.717) is 37.7 Å². The first kappa shape index (κ1) is 37.7. The molecule has 46 heavy (non-hydrogen) atoms. The van der Waals surface area contributed by atoms with E-state index >= 15 is 0 Å². The molecule has 0 saturated heterocycles. The third-order valence-electron chi connectivity index (χ3n) is 8.97. The van der Waals surface area contributed by atoms with Crippen molar-refractivity contribution in [2.75, 3.05) is 26.2 Å². The second kappa shape index (κ2) is 22.8. The van der Waals surface area contributed by atoms with Crippen molar-refractivity contribution in [2.45, 2.75) is 135 Å². The Morgan fingerprint density at radius 3 is 2.13 bits per heavy atom. The van der Waals surface area contributed by atoms with Crippen LogP contribution in [0, 0.1) is 0 Å². The zero-order chi connectivity index (χ0) is 32.8. The van der Waals surface area contributed by atoms with Gasteiger partial charge in [0.05, 0.1) is 6.42 Å². The summed E-state index contributed by atoms with van der Waals surface area (Å²) >= 11 is 1.84. The van der Waals surface area contributed by atoms with E-state index in [-0.39, 0.29) is 24.2 Å². The number of hydrogen-bond acceptors (Lipinski definition) is 6. The van der Waals surface area contributed by atoms with Crippen LogP contribution in [-0.4, -0.2) is 54.9 Å². The lowest BCUT2D eigenvalue weighted by atomic mass is 9.86. The van der Waals surface area contributed by atoms with Crippen LogP contribution in [0.5, 0.6) is 5.75 Å². The van der Waals surface area contributed by atoms with Gasteiger partial charge in [0.25, 0.3) is 0 Å². The van der Waals surface area contributed by atoms with Crippen molar-refractivity contribution in [3.63, 3.8) is 0 Å². The van der Waals surface area contributed by atoms with Crippen molar-refractivity contribution in [3.05, 3.63) is 51.7 Å². The topological polar surface area (TPSA) is 87.7 Å². The lowest BCUT2D eigenvalue weighted by Crippen LogP contribution is -2.41. The molecule has 2 aromatic rings. The number of amides is 2. The van der Waals surface area contributed by atoms with E-state index in [0.717, 1.165) is 77.3 Å². The van der Waals surface area contributed by atoms with Crippen LogP contribution in [0.15, 0.2) is 35.7 Å². The van der Waals surface area contributed by atoms with Crippen LogP contribution < -0.4 is 15.4 Å². The summed E-state index contributed by atoms with van der Waals surface area (Å²) in [4.78, 5) is 40.4. The summed E-state index contributed by atoms with van der Waals surface area (Å²) < 4.78 is 5.81. The zero-order valence-corrected chi connectivity index (χ0v) is 29.4. The summed E-state index contributed by atoms with van der Waals surface area (Å²) in [6.07, 6.45) is 17.9.